The summed E-state index contributed by atoms with van der Waals surface area (Å²) in [6, 6.07) is 55.7. The molecule has 0 bridgehead atoms. The van der Waals surface area contributed by atoms with Gasteiger partial charge in [-0.05, 0) is 52.6 Å². The van der Waals surface area contributed by atoms with Crippen LogP contribution in [-0.2, 0) is 5.41 Å². The van der Waals surface area contributed by atoms with E-state index in [4.69, 9.17) is 19.7 Å². The van der Waals surface area contributed by atoms with Crippen LogP contribution in [0.25, 0.3) is 66.9 Å². The summed E-state index contributed by atoms with van der Waals surface area (Å²) in [7, 11) is 0. The smallest absolute Gasteiger partial charge is 0.238 e. The molecule has 12 rings (SSSR count). The summed E-state index contributed by atoms with van der Waals surface area (Å²) < 4.78 is 9.25. The number of para-hydroxylation sites is 1. The molecule has 0 saturated heterocycles. The molecule has 258 valence electrons. The van der Waals surface area contributed by atoms with E-state index in [1.165, 1.54) is 27.8 Å². The second kappa shape index (κ2) is 11.4. The van der Waals surface area contributed by atoms with E-state index in [-0.39, 0.29) is 0 Å². The van der Waals surface area contributed by atoms with E-state index in [0.29, 0.717) is 17.6 Å². The zero-order chi connectivity index (χ0) is 36.1. The first-order valence-corrected chi connectivity index (χ1v) is 18.9. The van der Waals surface area contributed by atoms with Crippen molar-refractivity contribution in [3.63, 3.8) is 0 Å². The van der Waals surface area contributed by atoms with Crippen LogP contribution in [0.1, 0.15) is 35.1 Å². The second-order valence-corrected chi connectivity index (χ2v) is 14.6. The van der Waals surface area contributed by atoms with Crippen LogP contribution in [0.15, 0.2) is 175 Å². The lowest BCUT2D eigenvalue weighted by molar-refractivity contribution is 0.436. The average Bonchev–Trinajstić information content (AvgIpc) is 3.74. The Bertz CT molecular complexity index is 3070. The minimum atomic E-state index is -0.527. The summed E-state index contributed by atoms with van der Waals surface area (Å²) >= 11 is 0. The average molecular weight is 705 g/mol. The summed E-state index contributed by atoms with van der Waals surface area (Å²) in [6.45, 7) is 0. The van der Waals surface area contributed by atoms with Gasteiger partial charge in [-0.3, -0.25) is 4.57 Å². The van der Waals surface area contributed by atoms with Crippen LogP contribution in [0.4, 0.5) is 0 Å². The number of ether oxygens (including phenoxy) is 1. The largest absolute Gasteiger partial charge is 0.457 e. The lowest BCUT2D eigenvalue weighted by atomic mass is 9.64. The highest BCUT2D eigenvalue weighted by Gasteiger charge is 2.52. The topological polar surface area (TPSA) is 52.8 Å². The summed E-state index contributed by atoms with van der Waals surface area (Å²) in [5.74, 6) is 3.51. The number of allylic oxidation sites excluding steroid dienone is 4. The molecule has 0 radical (unpaired) electrons. The first-order chi connectivity index (χ1) is 27.3. The molecular weight excluding hydrogens is 673 g/mol. The van der Waals surface area contributed by atoms with E-state index in [1.54, 1.807) is 0 Å². The van der Waals surface area contributed by atoms with Gasteiger partial charge in [0.25, 0.3) is 0 Å². The van der Waals surface area contributed by atoms with Crippen molar-refractivity contribution >= 4 is 38.2 Å². The SMILES string of the molecule is C1=CC2=C(CC1)c1ccccc1C21c2ccccc2Oc2cc3c(cc21)c1ccc2ccccc2c1n3-c1nc(-c2ccccc2)nc(-c2ccccc2)n1. The molecule has 1 spiro atoms. The van der Waals surface area contributed by atoms with E-state index < -0.39 is 5.41 Å². The lowest BCUT2D eigenvalue weighted by Gasteiger charge is -2.40. The molecular formula is C50H32N4O. The quantitative estimate of drug-likeness (QED) is 0.184. The molecule has 1 aliphatic heterocycles. The first-order valence-electron chi connectivity index (χ1n) is 18.9. The Kier molecular flexibility index (Phi) is 6.32. The highest BCUT2D eigenvalue weighted by Crippen LogP contribution is 2.63. The van der Waals surface area contributed by atoms with Gasteiger partial charge in [-0.1, -0.05) is 152 Å². The first kappa shape index (κ1) is 30.4. The van der Waals surface area contributed by atoms with Gasteiger partial charge >= 0.3 is 0 Å². The van der Waals surface area contributed by atoms with Crippen molar-refractivity contribution in [2.24, 2.45) is 0 Å². The van der Waals surface area contributed by atoms with Crippen molar-refractivity contribution in [1.29, 1.82) is 0 Å². The van der Waals surface area contributed by atoms with Crippen molar-refractivity contribution in [2.75, 3.05) is 0 Å². The Hall–Kier alpha value is -7.11. The summed E-state index contributed by atoms with van der Waals surface area (Å²) in [5, 5.41) is 4.53. The highest BCUT2D eigenvalue weighted by atomic mass is 16.5. The minimum absolute atomic E-state index is 0.527. The third-order valence-corrected chi connectivity index (χ3v) is 11.8. The number of rotatable bonds is 3. The highest BCUT2D eigenvalue weighted by molar-refractivity contribution is 6.19. The van der Waals surface area contributed by atoms with Crippen molar-refractivity contribution in [3.8, 4) is 40.2 Å². The van der Waals surface area contributed by atoms with E-state index in [1.807, 2.05) is 36.4 Å². The number of nitrogens with zero attached hydrogens (tertiary/aromatic N) is 4. The second-order valence-electron chi connectivity index (χ2n) is 14.6. The van der Waals surface area contributed by atoms with Crippen LogP contribution in [0.3, 0.4) is 0 Å². The van der Waals surface area contributed by atoms with E-state index in [0.717, 1.165) is 73.6 Å². The number of benzene rings is 7. The number of aromatic nitrogens is 4. The molecule has 0 amide bonds. The summed E-state index contributed by atoms with van der Waals surface area (Å²) in [6.07, 6.45) is 6.78. The van der Waals surface area contributed by atoms with Gasteiger partial charge in [-0.25, -0.2) is 4.98 Å². The maximum atomic E-state index is 7.01. The maximum absolute atomic E-state index is 7.01. The van der Waals surface area contributed by atoms with Crippen molar-refractivity contribution in [3.05, 3.63) is 198 Å². The lowest BCUT2D eigenvalue weighted by Crippen LogP contribution is -2.33. The Labute approximate surface area is 317 Å². The zero-order valence-electron chi connectivity index (χ0n) is 29.8. The van der Waals surface area contributed by atoms with Crippen molar-refractivity contribution < 1.29 is 4.74 Å². The molecule has 5 nitrogen and oxygen atoms in total. The van der Waals surface area contributed by atoms with E-state index >= 15 is 0 Å². The molecule has 9 aromatic rings. The third-order valence-electron chi connectivity index (χ3n) is 11.8. The molecule has 0 N–H and O–H groups in total. The Balaban J connectivity index is 1.23. The van der Waals surface area contributed by atoms with Gasteiger partial charge in [0.15, 0.2) is 11.6 Å². The zero-order valence-corrected chi connectivity index (χ0v) is 29.8. The molecule has 1 unspecified atom stereocenters. The number of hydrogen-bond donors (Lipinski definition) is 0. The van der Waals surface area contributed by atoms with Crippen LogP contribution in [0.5, 0.6) is 11.5 Å². The van der Waals surface area contributed by atoms with Crippen LogP contribution in [-0.4, -0.2) is 19.5 Å². The van der Waals surface area contributed by atoms with E-state index in [9.17, 15) is 0 Å². The fourth-order valence-electron chi connectivity index (χ4n) is 9.51. The van der Waals surface area contributed by atoms with Gasteiger partial charge in [0.05, 0.1) is 16.4 Å². The van der Waals surface area contributed by atoms with Gasteiger partial charge in [0.1, 0.15) is 11.5 Å². The molecule has 55 heavy (non-hydrogen) atoms. The standard InChI is InChI=1S/C50H32N4O/c1-3-16-32(17-4-1)47-51-48(33-18-5-2-6-19-33)53-49(52-47)54-43-30-45-42(29-38(43)37-28-27-31-15-7-8-20-34(31)46(37)54)50(41-25-13-14-26-44(41)55-45)39-23-11-9-21-35(39)36-22-10-12-24-40(36)50/h1-9,11-21,23-30H,10,22H2. The molecule has 7 aromatic carbocycles. The predicted octanol–water partition coefficient (Wildman–Crippen LogP) is 12.0. The molecule has 2 aliphatic carbocycles. The van der Waals surface area contributed by atoms with Gasteiger partial charge in [-0.2, -0.15) is 9.97 Å². The van der Waals surface area contributed by atoms with Gasteiger partial charge in [0.2, 0.25) is 5.95 Å². The van der Waals surface area contributed by atoms with Crippen molar-refractivity contribution in [2.45, 2.75) is 18.3 Å². The summed E-state index contributed by atoms with van der Waals surface area (Å²) in [5.41, 5.74) is 11.1. The molecule has 0 saturated carbocycles. The Morgan fingerprint density at radius 1 is 0.545 bits per heavy atom. The van der Waals surface area contributed by atoms with Crippen LogP contribution < -0.4 is 4.74 Å². The Morgan fingerprint density at radius 3 is 2.04 bits per heavy atom. The number of hydrogen-bond acceptors (Lipinski definition) is 4. The number of fused-ring (bicyclic) bond motifs is 13. The normalized spacial score (nSPS) is 16.7. The van der Waals surface area contributed by atoms with Gasteiger partial charge < -0.3 is 4.74 Å². The molecule has 0 fully saturated rings. The minimum Gasteiger partial charge on any atom is -0.457 e. The van der Waals surface area contributed by atoms with E-state index in [2.05, 4.69) is 138 Å². The monoisotopic (exact) mass is 704 g/mol. The van der Waals surface area contributed by atoms with Gasteiger partial charge in [-0.15, -0.1) is 0 Å². The molecule has 2 aromatic heterocycles. The van der Waals surface area contributed by atoms with Gasteiger partial charge in [0, 0.05) is 44.5 Å². The van der Waals surface area contributed by atoms with Crippen LogP contribution >= 0.6 is 0 Å². The maximum Gasteiger partial charge on any atom is 0.238 e. The molecule has 1 atom stereocenters. The Morgan fingerprint density at radius 2 is 1.24 bits per heavy atom. The molecule has 3 heterocycles. The van der Waals surface area contributed by atoms with Crippen LogP contribution in [0.2, 0.25) is 0 Å². The molecule has 3 aliphatic rings. The fourth-order valence-corrected chi connectivity index (χ4v) is 9.51. The summed E-state index contributed by atoms with van der Waals surface area (Å²) in [4.78, 5) is 15.6. The fraction of sp³-hybridized carbons (Fsp3) is 0.0600. The third kappa shape index (κ3) is 4.21. The van der Waals surface area contributed by atoms with Crippen molar-refractivity contribution in [1.82, 2.24) is 19.5 Å². The van der Waals surface area contributed by atoms with Crippen LogP contribution in [0, 0.1) is 0 Å². The predicted molar refractivity (Wildman–Crippen MR) is 221 cm³/mol. The molecule has 5 heteroatoms.